The van der Waals surface area contributed by atoms with Gasteiger partial charge in [0.15, 0.2) is 0 Å². The number of rotatable bonds is 3. The number of nitrogen functional groups attached to an aromatic ring is 1. The van der Waals surface area contributed by atoms with Crippen molar-refractivity contribution in [3.05, 3.63) is 35.9 Å². The van der Waals surface area contributed by atoms with Crippen LogP contribution in [-0.4, -0.2) is 35.1 Å². The number of pyridine rings is 1. The lowest BCUT2D eigenvalue weighted by atomic mass is 10.0. The molecular weight excluding hydrogens is 264 g/mol. The standard InChI is InChI=1S/C16H20N4O/c1-10-6-7-20(14(10)9-21)15-8-12(16(17)18)11-4-2-3-5-13(11)19-15/h2-5,8,10,14,21H,6-7,9H2,1H3,(H3,17,18). The third-order valence-electron chi connectivity index (χ3n) is 4.36. The number of nitrogens with zero attached hydrogens (tertiary/aromatic N) is 2. The summed E-state index contributed by atoms with van der Waals surface area (Å²) in [5.74, 6) is 1.27. The Morgan fingerprint density at radius 1 is 1.48 bits per heavy atom. The van der Waals surface area contributed by atoms with Gasteiger partial charge in [0.2, 0.25) is 0 Å². The van der Waals surface area contributed by atoms with Crippen LogP contribution in [0.1, 0.15) is 18.9 Å². The second-order valence-electron chi connectivity index (χ2n) is 5.67. The summed E-state index contributed by atoms with van der Waals surface area (Å²) < 4.78 is 0. The molecule has 1 aromatic carbocycles. The molecule has 0 amide bonds. The zero-order chi connectivity index (χ0) is 15.0. The SMILES string of the molecule is CC1CCN(c2cc(C(=N)N)c3ccccc3n2)C1CO. The Morgan fingerprint density at radius 2 is 2.24 bits per heavy atom. The normalized spacial score (nSPS) is 21.9. The van der Waals surface area contributed by atoms with Gasteiger partial charge >= 0.3 is 0 Å². The highest BCUT2D eigenvalue weighted by Crippen LogP contribution is 2.30. The summed E-state index contributed by atoms with van der Waals surface area (Å²) in [5, 5.41) is 18.3. The lowest BCUT2D eigenvalue weighted by molar-refractivity contribution is 0.244. The largest absolute Gasteiger partial charge is 0.394 e. The molecule has 5 nitrogen and oxygen atoms in total. The molecule has 2 aromatic rings. The molecule has 1 aromatic heterocycles. The Balaban J connectivity index is 2.13. The van der Waals surface area contributed by atoms with Crippen LogP contribution in [0.5, 0.6) is 0 Å². The molecule has 110 valence electrons. The zero-order valence-electron chi connectivity index (χ0n) is 12.1. The summed E-state index contributed by atoms with van der Waals surface area (Å²) in [6.45, 7) is 3.13. The van der Waals surface area contributed by atoms with Gasteiger partial charge in [-0.25, -0.2) is 4.98 Å². The Labute approximate surface area is 123 Å². The van der Waals surface area contributed by atoms with Crippen molar-refractivity contribution in [2.75, 3.05) is 18.1 Å². The molecular formula is C16H20N4O. The first-order valence-electron chi connectivity index (χ1n) is 7.23. The van der Waals surface area contributed by atoms with E-state index in [1.165, 1.54) is 0 Å². The zero-order valence-corrected chi connectivity index (χ0v) is 12.1. The van der Waals surface area contributed by atoms with Gasteiger partial charge in [-0.2, -0.15) is 0 Å². The number of hydrogen-bond acceptors (Lipinski definition) is 4. The van der Waals surface area contributed by atoms with Crippen molar-refractivity contribution < 1.29 is 5.11 Å². The molecule has 1 saturated heterocycles. The third-order valence-corrected chi connectivity index (χ3v) is 4.36. The number of anilines is 1. The molecule has 2 heterocycles. The molecule has 0 bridgehead atoms. The van der Waals surface area contributed by atoms with Crippen molar-refractivity contribution >= 4 is 22.6 Å². The molecule has 4 N–H and O–H groups in total. The van der Waals surface area contributed by atoms with E-state index in [2.05, 4.69) is 11.8 Å². The smallest absolute Gasteiger partial charge is 0.130 e. The maximum absolute atomic E-state index is 9.62. The second-order valence-corrected chi connectivity index (χ2v) is 5.67. The highest BCUT2D eigenvalue weighted by Gasteiger charge is 2.31. The number of aromatic nitrogens is 1. The summed E-state index contributed by atoms with van der Waals surface area (Å²) in [6.07, 6.45) is 1.04. The van der Waals surface area contributed by atoms with Crippen LogP contribution >= 0.6 is 0 Å². The van der Waals surface area contributed by atoms with Gasteiger partial charge in [-0.3, -0.25) is 5.41 Å². The highest BCUT2D eigenvalue weighted by molar-refractivity contribution is 6.07. The predicted octanol–water partition coefficient (Wildman–Crippen LogP) is 1.73. The van der Waals surface area contributed by atoms with Crippen molar-refractivity contribution in [3.8, 4) is 0 Å². The topological polar surface area (TPSA) is 86.2 Å². The van der Waals surface area contributed by atoms with Gasteiger partial charge in [-0.15, -0.1) is 0 Å². The number of aliphatic hydroxyl groups is 1. The second kappa shape index (κ2) is 5.33. The monoisotopic (exact) mass is 284 g/mol. The molecule has 0 radical (unpaired) electrons. The van der Waals surface area contributed by atoms with Gasteiger partial charge in [-0.05, 0) is 24.5 Å². The molecule has 1 aliphatic heterocycles. The van der Waals surface area contributed by atoms with Crippen molar-refractivity contribution in [2.45, 2.75) is 19.4 Å². The molecule has 21 heavy (non-hydrogen) atoms. The van der Waals surface area contributed by atoms with E-state index in [1.54, 1.807) is 0 Å². The maximum atomic E-state index is 9.62. The average Bonchev–Trinajstić information content (AvgIpc) is 2.86. The third kappa shape index (κ3) is 2.34. The van der Waals surface area contributed by atoms with Crippen LogP contribution in [0.2, 0.25) is 0 Å². The molecule has 0 saturated carbocycles. The number of aliphatic hydroxyl groups excluding tert-OH is 1. The number of fused-ring (bicyclic) bond motifs is 1. The maximum Gasteiger partial charge on any atom is 0.130 e. The predicted molar refractivity (Wildman–Crippen MR) is 84.8 cm³/mol. The molecule has 1 fully saturated rings. The average molecular weight is 284 g/mol. The first-order valence-corrected chi connectivity index (χ1v) is 7.23. The lowest BCUT2D eigenvalue weighted by Gasteiger charge is -2.27. The van der Waals surface area contributed by atoms with Crippen molar-refractivity contribution in [3.63, 3.8) is 0 Å². The van der Waals surface area contributed by atoms with Gasteiger partial charge in [-0.1, -0.05) is 25.1 Å². The van der Waals surface area contributed by atoms with E-state index in [1.807, 2.05) is 30.3 Å². The van der Waals surface area contributed by atoms with Crippen LogP contribution < -0.4 is 10.6 Å². The van der Waals surface area contributed by atoms with E-state index < -0.39 is 0 Å². The summed E-state index contributed by atoms with van der Waals surface area (Å²) in [5.41, 5.74) is 7.26. The minimum absolute atomic E-state index is 0.0441. The molecule has 0 spiro atoms. The van der Waals surface area contributed by atoms with Crippen LogP contribution in [0.25, 0.3) is 10.9 Å². The Kier molecular flexibility index (Phi) is 3.51. The molecule has 2 atom stereocenters. The Bertz CT molecular complexity index is 685. The number of para-hydroxylation sites is 1. The van der Waals surface area contributed by atoms with Crippen LogP contribution in [-0.2, 0) is 0 Å². The number of nitrogens with two attached hydrogens (primary N) is 1. The summed E-state index contributed by atoms with van der Waals surface area (Å²) in [4.78, 5) is 6.82. The highest BCUT2D eigenvalue weighted by atomic mass is 16.3. The van der Waals surface area contributed by atoms with Gasteiger partial charge in [0.1, 0.15) is 11.7 Å². The minimum atomic E-state index is 0.0441. The number of amidine groups is 1. The quantitative estimate of drug-likeness (QED) is 0.592. The van der Waals surface area contributed by atoms with E-state index in [4.69, 9.17) is 16.1 Å². The summed E-state index contributed by atoms with van der Waals surface area (Å²) >= 11 is 0. The first-order chi connectivity index (χ1) is 10.1. The van der Waals surface area contributed by atoms with E-state index in [9.17, 15) is 5.11 Å². The molecule has 2 unspecified atom stereocenters. The fraction of sp³-hybridized carbons (Fsp3) is 0.375. The molecule has 3 rings (SSSR count). The Hall–Kier alpha value is -2.14. The summed E-state index contributed by atoms with van der Waals surface area (Å²) in [6, 6.07) is 9.66. The fourth-order valence-corrected chi connectivity index (χ4v) is 3.10. The minimum Gasteiger partial charge on any atom is -0.394 e. The Morgan fingerprint density at radius 3 is 2.95 bits per heavy atom. The van der Waals surface area contributed by atoms with Crippen LogP contribution in [0.15, 0.2) is 30.3 Å². The van der Waals surface area contributed by atoms with E-state index in [0.717, 1.165) is 29.7 Å². The van der Waals surface area contributed by atoms with Gasteiger partial charge in [0, 0.05) is 17.5 Å². The van der Waals surface area contributed by atoms with E-state index >= 15 is 0 Å². The van der Waals surface area contributed by atoms with Gasteiger partial charge in [0.25, 0.3) is 0 Å². The molecule has 0 aliphatic carbocycles. The van der Waals surface area contributed by atoms with E-state index in [-0.39, 0.29) is 18.5 Å². The van der Waals surface area contributed by atoms with Crippen molar-refractivity contribution in [1.82, 2.24) is 4.98 Å². The fourth-order valence-electron chi connectivity index (χ4n) is 3.10. The van der Waals surface area contributed by atoms with Gasteiger partial charge in [0.05, 0.1) is 18.2 Å². The van der Waals surface area contributed by atoms with Crippen LogP contribution in [0.3, 0.4) is 0 Å². The first kappa shape index (κ1) is 13.8. The number of nitrogens with one attached hydrogen (secondary N) is 1. The van der Waals surface area contributed by atoms with Crippen molar-refractivity contribution in [2.24, 2.45) is 11.7 Å². The van der Waals surface area contributed by atoms with Crippen LogP contribution in [0, 0.1) is 11.3 Å². The van der Waals surface area contributed by atoms with Gasteiger partial charge < -0.3 is 15.7 Å². The molecule has 5 heteroatoms. The van der Waals surface area contributed by atoms with Crippen LogP contribution in [0.4, 0.5) is 5.82 Å². The molecule has 1 aliphatic rings. The number of benzene rings is 1. The van der Waals surface area contributed by atoms with Crippen molar-refractivity contribution in [1.29, 1.82) is 5.41 Å². The number of hydrogen-bond donors (Lipinski definition) is 3. The summed E-state index contributed by atoms with van der Waals surface area (Å²) in [7, 11) is 0. The lowest BCUT2D eigenvalue weighted by Crippen LogP contribution is -2.36. The van der Waals surface area contributed by atoms with E-state index in [0.29, 0.717) is 11.5 Å².